The number of hydrogen-bond donors (Lipinski definition) is 3. The molecule has 17 heavy (non-hydrogen) atoms. The predicted molar refractivity (Wildman–Crippen MR) is 65.4 cm³/mol. The maximum atomic E-state index is 11.5. The fourth-order valence-corrected chi connectivity index (χ4v) is 2.26. The van der Waals surface area contributed by atoms with Crippen LogP contribution in [0.25, 0.3) is 0 Å². The van der Waals surface area contributed by atoms with Crippen LogP contribution in [0.5, 0.6) is 0 Å². The van der Waals surface area contributed by atoms with Crippen molar-refractivity contribution in [3.05, 3.63) is 18.2 Å². The van der Waals surface area contributed by atoms with Crippen molar-refractivity contribution in [2.45, 2.75) is 44.7 Å². The highest BCUT2D eigenvalue weighted by atomic mass is 16.1. The molecule has 1 fully saturated rings. The van der Waals surface area contributed by atoms with Gasteiger partial charge in [-0.25, -0.2) is 4.98 Å². The van der Waals surface area contributed by atoms with Crippen molar-refractivity contribution >= 4 is 5.91 Å². The molecule has 0 aromatic carbocycles. The lowest BCUT2D eigenvalue weighted by Gasteiger charge is -2.21. The molecule has 2 unspecified atom stereocenters. The lowest BCUT2D eigenvalue weighted by Crippen LogP contribution is -2.35. The highest BCUT2D eigenvalue weighted by Gasteiger charge is 2.21. The van der Waals surface area contributed by atoms with Gasteiger partial charge in [-0.3, -0.25) is 4.79 Å². The third-order valence-electron chi connectivity index (χ3n) is 3.18. The molecule has 0 spiro atoms. The summed E-state index contributed by atoms with van der Waals surface area (Å²) in [5.74, 6) is 1.10. The Kier molecular flexibility index (Phi) is 4.14. The van der Waals surface area contributed by atoms with Gasteiger partial charge in [0.2, 0.25) is 5.91 Å². The summed E-state index contributed by atoms with van der Waals surface area (Å²) in [6, 6.07) is 0.466. The first-order chi connectivity index (χ1) is 8.29. The number of H-pyrrole nitrogens is 1. The van der Waals surface area contributed by atoms with Gasteiger partial charge in [0.05, 0.1) is 6.04 Å². The van der Waals surface area contributed by atoms with Crippen LogP contribution in [0.4, 0.5) is 0 Å². The van der Waals surface area contributed by atoms with Crippen molar-refractivity contribution < 1.29 is 4.79 Å². The first-order valence-corrected chi connectivity index (χ1v) is 6.31. The number of carbonyl (C=O) groups is 1. The molecule has 0 saturated carbocycles. The summed E-state index contributed by atoms with van der Waals surface area (Å²) in [6.07, 6.45) is 7.20. The number of rotatable bonds is 4. The van der Waals surface area contributed by atoms with Gasteiger partial charge in [0.15, 0.2) is 0 Å². The summed E-state index contributed by atoms with van der Waals surface area (Å²) in [5.41, 5.74) is 0. The van der Waals surface area contributed by atoms with E-state index in [0.717, 1.165) is 31.6 Å². The zero-order valence-corrected chi connectivity index (χ0v) is 10.2. The molecule has 3 N–H and O–H groups in total. The first-order valence-electron chi connectivity index (χ1n) is 6.31. The van der Waals surface area contributed by atoms with E-state index in [0.29, 0.717) is 6.42 Å². The summed E-state index contributed by atoms with van der Waals surface area (Å²) in [5, 5.41) is 6.42. The van der Waals surface area contributed by atoms with Crippen molar-refractivity contribution in [1.82, 2.24) is 20.6 Å². The molecule has 1 aliphatic heterocycles. The van der Waals surface area contributed by atoms with E-state index in [9.17, 15) is 4.79 Å². The van der Waals surface area contributed by atoms with Crippen molar-refractivity contribution in [2.24, 2.45) is 0 Å². The van der Waals surface area contributed by atoms with Crippen molar-refractivity contribution in [3.8, 4) is 0 Å². The molecule has 2 heterocycles. The fourth-order valence-electron chi connectivity index (χ4n) is 2.26. The van der Waals surface area contributed by atoms with Gasteiger partial charge in [0.25, 0.3) is 0 Å². The van der Waals surface area contributed by atoms with Crippen LogP contribution in [0.1, 0.15) is 44.5 Å². The van der Waals surface area contributed by atoms with Crippen LogP contribution in [0.2, 0.25) is 0 Å². The first kappa shape index (κ1) is 12.1. The van der Waals surface area contributed by atoms with Gasteiger partial charge < -0.3 is 15.6 Å². The van der Waals surface area contributed by atoms with Crippen LogP contribution in [0.15, 0.2) is 12.4 Å². The monoisotopic (exact) mass is 236 g/mol. The van der Waals surface area contributed by atoms with Gasteiger partial charge in [-0.1, -0.05) is 6.92 Å². The van der Waals surface area contributed by atoms with Crippen LogP contribution in [-0.4, -0.2) is 28.5 Å². The lowest BCUT2D eigenvalue weighted by molar-refractivity contribution is -0.121. The number of carbonyl (C=O) groups excluding carboxylic acids is 1. The number of imidazole rings is 1. The molecular weight excluding hydrogens is 216 g/mol. The molecule has 1 amide bonds. The Morgan fingerprint density at radius 3 is 3.24 bits per heavy atom. The summed E-state index contributed by atoms with van der Waals surface area (Å²) < 4.78 is 0. The third-order valence-corrected chi connectivity index (χ3v) is 3.18. The van der Waals surface area contributed by atoms with E-state index in [1.165, 1.54) is 0 Å². The average molecular weight is 236 g/mol. The Labute approximate surface area is 101 Å². The quantitative estimate of drug-likeness (QED) is 0.733. The van der Waals surface area contributed by atoms with Crippen LogP contribution in [0, 0.1) is 0 Å². The van der Waals surface area contributed by atoms with Crippen LogP contribution >= 0.6 is 0 Å². The standard InChI is InChI=1S/C12H20N4O/c1-2-10(12-14-6-7-15-12)16-9-4-3-5-13-11(17)8-9/h6-7,9-10,16H,2-5,8H2,1H3,(H,13,17)(H,14,15). The molecular formula is C12H20N4O. The molecule has 2 atom stereocenters. The van der Waals surface area contributed by atoms with Crippen molar-refractivity contribution in [2.75, 3.05) is 6.54 Å². The van der Waals surface area contributed by atoms with Gasteiger partial charge in [0.1, 0.15) is 5.82 Å². The van der Waals surface area contributed by atoms with E-state index in [2.05, 4.69) is 27.5 Å². The van der Waals surface area contributed by atoms with Crippen LogP contribution in [-0.2, 0) is 4.79 Å². The highest BCUT2D eigenvalue weighted by Crippen LogP contribution is 2.16. The molecule has 1 aromatic rings. The Balaban J connectivity index is 1.95. The molecule has 94 valence electrons. The topological polar surface area (TPSA) is 69.8 Å². The molecule has 1 aliphatic rings. The Hall–Kier alpha value is -1.36. The normalized spacial score (nSPS) is 22.9. The van der Waals surface area contributed by atoms with E-state index in [1.807, 2.05) is 6.20 Å². The molecule has 0 aliphatic carbocycles. The van der Waals surface area contributed by atoms with E-state index >= 15 is 0 Å². The van der Waals surface area contributed by atoms with E-state index in [-0.39, 0.29) is 18.0 Å². The van der Waals surface area contributed by atoms with E-state index in [4.69, 9.17) is 0 Å². The molecule has 0 bridgehead atoms. The van der Waals surface area contributed by atoms with Crippen LogP contribution in [0.3, 0.4) is 0 Å². The van der Waals surface area contributed by atoms with Gasteiger partial charge in [-0.05, 0) is 19.3 Å². The molecule has 5 nitrogen and oxygen atoms in total. The zero-order valence-electron chi connectivity index (χ0n) is 10.2. The van der Waals surface area contributed by atoms with Crippen molar-refractivity contribution in [3.63, 3.8) is 0 Å². The second-order valence-corrected chi connectivity index (χ2v) is 4.50. The van der Waals surface area contributed by atoms with Gasteiger partial charge in [-0.2, -0.15) is 0 Å². The fraction of sp³-hybridized carbons (Fsp3) is 0.667. The zero-order chi connectivity index (χ0) is 12.1. The smallest absolute Gasteiger partial charge is 0.221 e. The maximum Gasteiger partial charge on any atom is 0.221 e. The van der Waals surface area contributed by atoms with Gasteiger partial charge in [0, 0.05) is 31.4 Å². The summed E-state index contributed by atoms with van der Waals surface area (Å²) in [7, 11) is 0. The molecule has 5 heteroatoms. The number of nitrogens with zero attached hydrogens (tertiary/aromatic N) is 1. The molecule has 1 aromatic heterocycles. The SMILES string of the molecule is CCC(NC1CCCNC(=O)C1)c1ncc[nH]1. The lowest BCUT2D eigenvalue weighted by atomic mass is 10.1. The predicted octanol–water partition coefficient (Wildman–Crippen LogP) is 1.12. The number of aromatic nitrogens is 2. The number of amides is 1. The second-order valence-electron chi connectivity index (χ2n) is 4.50. The Morgan fingerprint density at radius 1 is 1.65 bits per heavy atom. The highest BCUT2D eigenvalue weighted by molar-refractivity contribution is 5.76. The minimum atomic E-state index is 0.147. The molecule has 2 rings (SSSR count). The summed E-state index contributed by atoms with van der Waals surface area (Å²) in [4.78, 5) is 18.9. The number of hydrogen-bond acceptors (Lipinski definition) is 3. The second kappa shape index (κ2) is 5.82. The largest absolute Gasteiger partial charge is 0.356 e. The van der Waals surface area contributed by atoms with E-state index < -0.39 is 0 Å². The minimum Gasteiger partial charge on any atom is -0.356 e. The van der Waals surface area contributed by atoms with Gasteiger partial charge >= 0.3 is 0 Å². The van der Waals surface area contributed by atoms with Crippen molar-refractivity contribution in [1.29, 1.82) is 0 Å². The summed E-state index contributed by atoms with van der Waals surface area (Å²) >= 11 is 0. The van der Waals surface area contributed by atoms with E-state index in [1.54, 1.807) is 6.20 Å². The molecule has 0 radical (unpaired) electrons. The minimum absolute atomic E-state index is 0.147. The molecule has 1 saturated heterocycles. The Morgan fingerprint density at radius 2 is 2.53 bits per heavy atom. The number of nitrogens with one attached hydrogen (secondary N) is 3. The third kappa shape index (κ3) is 3.30. The number of aromatic amines is 1. The Bertz CT molecular complexity index is 349. The summed E-state index contributed by atoms with van der Waals surface area (Å²) in [6.45, 7) is 2.92. The van der Waals surface area contributed by atoms with Gasteiger partial charge in [-0.15, -0.1) is 0 Å². The van der Waals surface area contributed by atoms with Crippen LogP contribution < -0.4 is 10.6 Å². The maximum absolute atomic E-state index is 11.5. The average Bonchev–Trinajstić information content (AvgIpc) is 2.77.